The number of hydrogen-bond donors (Lipinski definition) is 2. The maximum Gasteiger partial charge on any atom is 0.254 e. The molecule has 4 nitrogen and oxygen atoms in total. The highest BCUT2D eigenvalue weighted by Crippen LogP contribution is 2.26. The van der Waals surface area contributed by atoms with Gasteiger partial charge in [-0.3, -0.25) is 4.79 Å². The Balaban J connectivity index is 2.07. The van der Waals surface area contributed by atoms with Crippen LogP contribution in [0, 0.1) is 5.92 Å². The lowest BCUT2D eigenvalue weighted by molar-refractivity contribution is 0.0963. The van der Waals surface area contributed by atoms with Crippen molar-refractivity contribution in [2.24, 2.45) is 5.92 Å². The van der Waals surface area contributed by atoms with Gasteiger partial charge in [-0.05, 0) is 43.7 Å². The number of aromatic nitrogens is 1. The van der Waals surface area contributed by atoms with Crippen LogP contribution in [0.1, 0.15) is 43.0 Å². The normalized spacial score (nSPS) is 23.4. The number of pyridine rings is 1. The van der Waals surface area contributed by atoms with Crippen molar-refractivity contribution < 1.29 is 4.79 Å². The van der Waals surface area contributed by atoms with Crippen molar-refractivity contribution in [3.8, 4) is 0 Å². The zero-order valence-electron chi connectivity index (χ0n) is 11.1. The minimum Gasteiger partial charge on any atom is -0.367 e. The van der Waals surface area contributed by atoms with Gasteiger partial charge in [0.2, 0.25) is 0 Å². The third kappa shape index (κ3) is 3.00. The molecule has 0 bridgehead atoms. The Bertz CT molecular complexity index is 411. The summed E-state index contributed by atoms with van der Waals surface area (Å²) >= 11 is 0. The number of nitrogens with one attached hydrogen (secondary N) is 2. The first kappa shape index (κ1) is 12.9. The fourth-order valence-corrected chi connectivity index (χ4v) is 2.44. The van der Waals surface area contributed by atoms with Gasteiger partial charge in [-0.15, -0.1) is 0 Å². The molecule has 1 aliphatic carbocycles. The van der Waals surface area contributed by atoms with Crippen LogP contribution in [0.4, 0.5) is 5.82 Å². The predicted molar refractivity (Wildman–Crippen MR) is 72.7 cm³/mol. The first-order valence-corrected chi connectivity index (χ1v) is 6.64. The van der Waals surface area contributed by atoms with E-state index in [9.17, 15) is 4.79 Å². The summed E-state index contributed by atoms with van der Waals surface area (Å²) in [6.07, 6.45) is 6.54. The molecule has 0 radical (unpaired) electrons. The van der Waals surface area contributed by atoms with Crippen molar-refractivity contribution in [2.45, 2.75) is 38.6 Å². The average molecular weight is 247 g/mol. The van der Waals surface area contributed by atoms with E-state index in [0.29, 0.717) is 17.4 Å². The Labute approximate surface area is 108 Å². The summed E-state index contributed by atoms with van der Waals surface area (Å²) in [5, 5.41) is 6.06. The molecule has 1 aromatic heterocycles. The predicted octanol–water partition coefficient (Wildman–Crippen LogP) is 2.43. The summed E-state index contributed by atoms with van der Waals surface area (Å²) in [7, 11) is 1.64. The molecule has 1 heterocycles. The average Bonchev–Trinajstić information content (AvgIpc) is 2.41. The van der Waals surface area contributed by atoms with Gasteiger partial charge in [-0.2, -0.15) is 0 Å². The van der Waals surface area contributed by atoms with E-state index in [2.05, 4.69) is 22.5 Å². The van der Waals surface area contributed by atoms with Crippen molar-refractivity contribution in [3.63, 3.8) is 0 Å². The summed E-state index contributed by atoms with van der Waals surface area (Å²) in [5.41, 5.74) is 0.624. The number of anilines is 1. The van der Waals surface area contributed by atoms with Crippen molar-refractivity contribution in [1.82, 2.24) is 10.3 Å². The molecule has 1 fully saturated rings. The number of rotatable bonds is 3. The Kier molecular flexibility index (Phi) is 4.18. The van der Waals surface area contributed by atoms with Gasteiger partial charge in [0.25, 0.3) is 5.91 Å². The molecule has 0 aromatic carbocycles. The molecule has 1 aliphatic rings. The third-order valence-electron chi connectivity index (χ3n) is 3.64. The number of hydrogen-bond acceptors (Lipinski definition) is 3. The lowest BCUT2D eigenvalue weighted by atomic mass is 9.87. The van der Waals surface area contributed by atoms with Crippen LogP contribution < -0.4 is 10.6 Å². The lowest BCUT2D eigenvalue weighted by Gasteiger charge is -2.27. The van der Waals surface area contributed by atoms with E-state index in [4.69, 9.17) is 0 Å². The molecule has 1 saturated carbocycles. The Morgan fingerprint density at radius 1 is 1.33 bits per heavy atom. The molecular weight excluding hydrogens is 226 g/mol. The van der Waals surface area contributed by atoms with Gasteiger partial charge < -0.3 is 10.6 Å². The largest absolute Gasteiger partial charge is 0.367 e. The molecule has 0 spiro atoms. The van der Waals surface area contributed by atoms with Gasteiger partial charge in [0, 0.05) is 19.3 Å². The molecule has 18 heavy (non-hydrogen) atoms. The summed E-state index contributed by atoms with van der Waals surface area (Å²) in [6.45, 7) is 2.30. The van der Waals surface area contributed by atoms with E-state index in [-0.39, 0.29) is 5.91 Å². The molecule has 0 saturated heterocycles. The fraction of sp³-hybridized carbons (Fsp3) is 0.571. The topological polar surface area (TPSA) is 54.0 Å². The van der Waals surface area contributed by atoms with Gasteiger partial charge in [0.1, 0.15) is 5.82 Å². The van der Waals surface area contributed by atoms with Crippen molar-refractivity contribution >= 4 is 11.7 Å². The van der Waals surface area contributed by atoms with Crippen LogP contribution in [0.15, 0.2) is 18.3 Å². The molecule has 1 amide bonds. The van der Waals surface area contributed by atoms with E-state index >= 15 is 0 Å². The van der Waals surface area contributed by atoms with E-state index in [1.54, 1.807) is 25.4 Å². The molecule has 2 rings (SSSR count). The molecular formula is C14H21N3O. The third-order valence-corrected chi connectivity index (χ3v) is 3.64. The Hall–Kier alpha value is -1.58. The minimum atomic E-state index is -0.0882. The zero-order chi connectivity index (χ0) is 13.0. The van der Waals surface area contributed by atoms with Gasteiger partial charge in [0.05, 0.1) is 5.56 Å². The van der Waals surface area contributed by atoms with Crippen LogP contribution in [0.2, 0.25) is 0 Å². The van der Waals surface area contributed by atoms with E-state index in [1.165, 1.54) is 12.8 Å². The fourth-order valence-electron chi connectivity index (χ4n) is 2.44. The number of amides is 1. The SMILES string of the molecule is CNC(=O)c1cccnc1NC1CCC(C)CC1. The smallest absolute Gasteiger partial charge is 0.254 e. The second-order valence-corrected chi connectivity index (χ2v) is 5.08. The van der Waals surface area contributed by atoms with Crippen LogP contribution in [0.3, 0.4) is 0 Å². The van der Waals surface area contributed by atoms with Gasteiger partial charge in [-0.1, -0.05) is 6.92 Å². The molecule has 1 aromatic rings. The van der Waals surface area contributed by atoms with Gasteiger partial charge in [0.15, 0.2) is 0 Å². The van der Waals surface area contributed by atoms with Gasteiger partial charge in [-0.25, -0.2) is 4.98 Å². The number of carbonyl (C=O) groups is 1. The summed E-state index contributed by atoms with van der Waals surface area (Å²) in [5.74, 6) is 1.44. The lowest BCUT2D eigenvalue weighted by Crippen LogP contribution is -2.28. The summed E-state index contributed by atoms with van der Waals surface area (Å²) in [4.78, 5) is 16.0. The van der Waals surface area contributed by atoms with Crippen molar-refractivity contribution in [1.29, 1.82) is 0 Å². The summed E-state index contributed by atoms with van der Waals surface area (Å²) in [6, 6.07) is 4.04. The molecule has 4 heteroatoms. The molecule has 0 unspecified atom stereocenters. The van der Waals surface area contributed by atoms with Gasteiger partial charge >= 0.3 is 0 Å². The van der Waals surface area contributed by atoms with Crippen LogP contribution >= 0.6 is 0 Å². The van der Waals surface area contributed by atoms with E-state index in [1.807, 2.05) is 0 Å². The number of nitrogens with zero attached hydrogens (tertiary/aromatic N) is 1. The monoisotopic (exact) mass is 247 g/mol. The first-order chi connectivity index (χ1) is 8.70. The van der Waals surface area contributed by atoms with Crippen LogP contribution in [-0.2, 0) is 0 Å². The van der Waals surface area contributed by atoms with Crippen LogP contribution in [-0.4, -0.2) is 24.0 Å². The molecule has 0 atom stereocenters. The second-order valence-electron chi connectivity index (χ2n) is 5.08. The van der Waals surface area contributed by atoms with Crippen molar-refractivity contribution in [2.75, 3.05) is 12.4 Å². The molecule has 0 aliphatic heterocycles. The van der Waals surface area contributed by atoms with Crippen LogP contribution in [0.5, 0.6) is 0 Å². The van der Waals surface area contributed by atoms with Crippen molar-refractivity contribution in [3.05, 3.63) is 23.9 Å². The highest BCUT2D eigenvalue weighted by molar-refractivity contribution is 5.98. The Morgan fingerprint density at radius 2 is 2.06 bits per heavy atom. The number of carbonyl (C=O) groups excluding carboxylic acids is 1. The van der Waals surface area contributed by atoms with E-state index < -0.39 is 0 Å². The quantitative estimate of drug-likeness (QED) is 0.862. The summed E-state index contributed by atoms with van der Waals surface area (Å²) < 4.78 is 0. The highest BCUT2D eigenvalue weighted by atomic mass is 16.1. The maximum absolute atomic E-state index is 11.7. The highest BCUT2D eigenvalue weighted by Gasteiger charge is 2.20. The van der Waals surface area contributed by atoms with Crippen LogP contribution in [0.25, 0.3) is 0 Å². The molecule has 98 valence electrons. The standard InChI is InChI=1S/C14H21N3O/c1-10-5-7-11(8-6-10)17-13-12(14(18)15-2)4-3-9-16-13/h3-4,9-11H,5-8H2,1-2H3,(H,15,18)(H,16,17). The van der Waals surface area contributed by atoms with E-state index in [0.717, 1.165) is 18.8 Å². The zero-order valence-corrected chi connectivity index (χ0v) is 11.1. The minimum absolute atomic E-state index is 0.0882. The second kappa shape index (κ2) is 5.85. The maximum atomic E-state index is 11.7. The first-order valence-electron chi connectivity index (χ1n) is 6.64. The Morgan fingerprint density at radius 3 is 2.72 bits per heavy atom. The molecule has 2 N–H and O–H groups in total.